The molecule has 180 valence electrons. The Morgan fingerprint density at radius 3 is 1.91 bits per heavy atom. The predicted octanol–water partition coefficient (Wildman–Crippen LogP) is 8.10. The molecule has 3 aromatic rings. The Hall–Kier alpha value is -2.96. The second-order valence-electron chi connectivity index (χ2n) is 8.76. The number of aryl methyl sites for hydroxylation is 1. The Bertz CT molecular complexity index is 1140. The molecular weight excluding hydrogens is 454 g/mol. The standard InChI is InChI=1S/C27H24F6O/c1-2-15-9-24(31)27(25(32)10-15)34-14-16-3-5-17(6-4-16)18-7-8-20(21(28)11-18)19-12-22(29)26(33)23(30)13-19/h7-13,16-17H,2-6,14H2,1H3. The Labute approximate surface area is 194 Å². The van der Waals surface area contributed by atoms with E-state index < -0.39 is 34.9 Å². The SMILES string of the molecule is CCc1cc(F)c(OCC2CCC(c3ccc(-c4cc(F)c(F)c(F)c4)c(F)c3)CC2)c(F)c1. The van der Waals surface area contributed by atoms with Gasteiger partial charge in [0.05, 0.1) is 6.61 Å². The molecule has 4 rings (SSSR count). The van der Waals surface area contributed by atoms with Crippen molar-refractivity contribution in [1.29, 1.82) is 0 Å². The molecule has 0 spiro atoms. The molecule has 0 bridgehead atoms. The van der Waals surface area contributed by atoms with Crippen LogP contribution in [0.25, 0.3) is 11.1 Å². The van der Waals surface area contributed by atoms with Crippen LogP contribution in [0.3, 0.4) is 0 Å². The topological polar surface area (TPSA) is 9.23 Å². The highest BCUT2D eigenvalue weighted by atomic mass is 19.2. The van der Waals surface area contributed by atoms with Crippen molar-refractivity contribution >= 4 is 0 Å². The number of rotatable bonds is 6. The van der Waals surface area contributed by atoms with Gasteiger partial charge in [-0.25, -0.2) is 26.3 Å². The van der Waals surface area contributed by atoms with Crippen LogP contribution in [0.1, 0.15) is 49.7 Å². The van der Waals surface area contributed by atoms with Gasteiger partial charge >= 0.3 is 0 Å². The van der Waals surface area contributed by atoms with E-state index in [0.29, 0.717) is 12.0 Å². The van der Waals surface area contributed by atoms with Crippen LogP contribution in [-0.2, 0) is 6.42 Å². The monoisotopic (exact) mass is 478 g/mol. The van der Waals surface area contributed by atoms with Gasteiger partial charge in [0.2, 0.25) is 0 Å². The summed E-state index contributed by atoms with van der Waals surface area (Å²) in [7, 11) is 0. The fourth-order valence-electron chi connectivity index (χ4n) is 4.55. The fraction of sp³-hybridized carbons (Fsp3) is 0.333. The zero-order chi connectivity index (χ0) is 24.4. The van der Waals surface area contributed by atoms with Crippen molar-refractivity contribution in [3.05, 3.63) is 88.5 Å². The zero-order valence-corrected chi connectivity index (χ0v) is 18.6. The Morgan fingerprint density at radius 2 is 1.35 bits per heavy atom. The maximum atomic E-state index is 14.7. The first-order valence-electron chi connectivity index (χ1n) is 11.3. The van der Waals surface area contributed by atoms with E-state index in [1.807, 2.05) is 6.92 Å². The molecule has 0 heterocycles. The first-order chi connectivity index (χ1) is 16.3. The molecular formula is C27H24F6O. The third-order valence-electron chi connectivity index (χ3n) is 6.54. The van der Waals surface area contributed by atoms with Crippen LogP contribution >= 0.6 is 0 Å². The molecule has 1 aliphatic carbocycles. The van der Waals surface area contributed by atoms with Crippen LogP contribution in [0.2, 0.25) is 0 Å². The fourth-order valence-corrected chi connectivity index (χ4v) is 4.55. The van der Waals surface area contributed by atoms with Crippen molar-refractivity contribution in [2.75, 3.05) is 6.61 Å². The van der Waals surface area contributed by atoms with Crippen molar-refractivity contribution in [2.24, 2.45) is 5.92 Å². The van der Waals surface area contributed by atoms with Gasteiger partial charge in [0.1, 0.15) is 5.82 Å². The molecule has 0 amide bonds. The number of ether oxygens (including phenoxy) is 1. The van der Waals surface area contributed by atoms with E-state index in [0.717, 1.165) is 43.4 Å². The van der Waals surface area contributed by atoms with Crippen molar-refractivity contribution in [1.82, 2.24) is 0 Å². The van der Waals surface area contributed by atoms with Crippen LogP contribution < -0.4 is 4.74 Å². The van der Waals surface area contributed by atoms with E-state index in [-0.39, 0.29) is 35.3 Å². The molecule has 0 unspecified atom stereocenters. The van der Waals surface area contributed by atoms with Crippen molar-refractivity contribution < 1.29 is 31.1 Å². The summed E-state index contributed by atoms with van der Waals surface area (Å²) < 4.78 is 88.7. The van der Waals surface area contributed by atoms with Gasteiger partial charge in [-0.2, -0.15) is 0 Å². The summed E-state index contributed by atoms with van der Waals surface area (Å²) in [5.41, 5.74) is 1.24. The molecule has 1 fully saturated rings. The van der Waals surface area contributed by atoms with Crippen molar-refractivity contribution in [3.8, 4) is 16.9 Å². The van der Waals surface area contributed by atoms with Gasteiger partial charge in [-0.15, -0.1) is 0 Å². The average Bonchev–Trinajstić information content (AvgIpc) is 2.82. The predicted molar refractivity (Wildman–Crippen MR) is 118 cm³/mol. The Kier molecular flexibility index (Phi) is 7.19. The lowest BCUT2D eigenvalue weighted by Crippen LogP contribution is -2.20. The van der Waals surface area contributed by atoms with Gasteiger partial charge in [-0.1, -0.05) is 19.1 Å². The number of benzene rings is 3. The summed E-state index contributed by atoms with van der Waals surface area (Å²) in [6, 6.07) is 8.59. The van der Waals surface area contributed by atoms with E-state index in [2.05, 4.69) is 0 Å². The van der Waals surface area contributed by atoms with Crippen LogP contribution in [-0.4, -0.2) is 6.61 Å². The Morgan fingerprint density at radius 1 is 0.735 bits per heavy atom. The molecule has 1 aliphatic rings. The van der Waals surface area contributed by atoms with E-state index >= 15 is 0 Å². The van der Waals surface area contributed by atoms with E-state index in [4.69, 9.17) is 4.74 Å². The third-order valence-corrected chi connectivity index (χ3v) is 6.54. The maximum Gasteiger partial charge on any atom is 0.194 e. The van der Waals surface area contributed by atoms with E-state index in [9.17, 15) is 26.3 Å². The smallest absolute Gasteiger partial charge is 0.194 e. The molecule has 0 radical (unpaired) electrons. The minimum atomic E-state index is -1.59. The lowest BCUT2D eigenvalue weighted by Gasteiger charge is -2.29. The normalized spacial score (nSPS) is 18.2. The zero-order valence-electron chi connectivity index (χ0n) is 18.6. The first-order valence-corrected chi connectivity index (χ1v) is 11.3. The highest BCUT2D eigenvalue weighted by Crippen LogP contribution is 2.38. The molecule has 34 heavy (non-hydrogen) atoms. The summed E-state index contributed by atoms with van der Waals surface area (Å²) in [6.45, 7) is 2.01. The number of halogens is 6. The van der Waals surface area contributed by atoms with E-state index in [1.165, 1.54) is 24.3 Å². The molecule has 0 N–H and O–H groups in total. The highest BCUT2D eigenvalue weighted by Gasteiger charge is 2.25. The second kappa shape index (κ2) is 10.1. The van der Waals surface area contributed by atoms with Gasteiger partial charge in [0.15, 0.2) is 34.8 Å². The molecule has 0 saturated heterocycles. The van der Waals surface area contributed by atoms with Crippen LogP contribution in [0.5, 0.6) is 5.75 Å². The molecule has 0 aliphatic heterocycles. The summed E-state index contributed by atoms with van der Waals surface area (Å²) in [5, 5.41) is 0. The minimum absolute atomic E-state index is 0.0122. The molecule has 1 saturated carbocycles. The molecule has 3 aromatic carbocycles. The number of hydrogen-bond donors (Lipinski definition) is 0. The van der Waals surface area contributed by atoms with Crippen LogP contribution in [0, 0.1) is 40.8 Å². The number of hydrogen-bond acceptors (Lipinski definition) is 1. The summed E-state index contributed by atoms with van der Waals surface area (Å²) in [4.78, 5) is 0. The first kappa shape index (κ1) is 24.2. The highest BCUT2D eigenvalue weighted by molar-refractivity contribution is 5.65. The van der Waals surface area contributed by atoms with Gasteiger partial charge in [0, 0.05) is 5.56 Å². The lowest BCUT2D eigenvalue weighted by molar-refractivity contribution is 0.188. The molecule has 0 aromatic heterocycles. The van der Waals surface area contributed by atoms with Gasteiger partial charge < -0.3 is 4.74 Å². The van der Waals surface area contributed by atoms with E-state index in [1.54, 1.807) is 6.07 Å². The maximum absolute atomic E-state index is 14.7. The molecule has 1 nitrogen and oxygen atoms in total. The van der Waals surface area contributed by atoms with Crippen LogP contribution in [0.15, 0.2) is 42.5 Å². The van der Waals surface area contributed by atoms with Gasteiger partial charge in [-0.05, 0) is 91.0 Å². The minimum Gasteiger partial charge on any atom is -0.487 e. The Balaban J connectivity index is 1.38. The largest absolute Gasteiger partial charge is 0.487 e. The second-order valence-corrected chi connectivity index (χ2v) is 8.76. The summed E-state index contributed by atoms with van der Waals surface area (Å²) in [5.74, 6) is -6.55. The lowest BCUT2D eigenvalue weighted by atomic mass is 9.78. The molecule has 7 heteroatoms. The van der Waals surface area contributed by atoms with Crippen LogP contribution in [0.4, 0.5) is 26.3 Å². The van der Waals surface area contributed by atoms with Gasteiger partial charge in [-0.3, -0.25) is 0 Å². The van der Waals surface area contributed by atoms with Gasteiger partial charge in [0.25, 0.3) is 0 Å². The van der Waals surface area contributed by atoms with Crippen molar-refractivity contribution in [3.63, 3.8) is 0 Å². The third kappa shape index (κ3) is 5.08. The quantitative estimate of drug-likeness (QED) is 0.257. The summed E-state index contributed by atoms with van der Waals surface area (Å²) in [6.07, 6.45) is 3.51. The molecule has 0 atom stereocenters. The van der Waals surface area contributed by atoms with Crippen molar-refractivity contribution in [2.45, 2.75) is 44.9 Å². The summed E-state index contributed by atoms with van der Waals surface area (Å²) >= 11 is 0. The average molecular weight is 478 g/mol.